The number of ether oxygens (including phenoxy) is 1. The van der Waals surface area contributed by atoms with Crippen molar-refractivity contribution in [1.29, 1.82) is 0 Å². The predicted molar refractivity (Wildman–Crippen MR) is 74.1 cm³/mol. The molecule has 1 heterocycles. The minimum atomic E-state index is -3.09. The zero-order valence-electron chi connectivity index (χ0n) is 11.6. The number of hydrogen-bond acceptors (Lipinski definition) is 4. The van der Waals surface area contributed by atoms with Gasteiger partial charge in [0.1, 0.15) is 0 Å². The number of aliphatic hydroxyl groups excluding tert-OH is 1. The maximum absolute atomic E-state index is 13.6. The van der Waals surface area contributed by atoms with Crippen molar-refractivity contribution in [2.24, 2.45) is 0 Å². The van der Waals surface area contributed by atoms with Gasteiger partial charge in [0.05, 0.1) is 11.4 Å². The highest BCUT2D eigenvalue weighted by Gasteiger charge is 2.25. The summed E-state index contributed by atoms with van der Waals surface area (Å²) in [6, 6.07) is 2.28. The van der Waals surface area contributed by atoms with E-state index in [4.69, 9.17) is 10.8 Å². The van der Waals surface area contributed by atoms with Crippen LogP contribution < -0.4 is 15.4 Å². The lowest BCUT2D eigenvalue weighted by molar-refractivity contribution is -0.0521. The molecule has 2 rings (SSSR count). The molecule has 0 aliphatic carbocycles. The lowest BCUT2D eigenvalue weighted by Gasteiger charge is -2.38. The summed E-state index contributed by atoms with van der Waals surface area (Å²) in [5.74, 6) is -1.42. The maximum atomic E-state index is 13.6. The molecular weight excluding hydrogens is 285 g/mol. The summed E-state index contributed by atoms with van der Waals surface area (Å²) >= 11 is 0. The molecule has 1 atom stereocenters. The largest absolute Gasteiger partial charge is 0.432 e. The fraction of sp³-hybridized carbons (Fsp3) is 0.571. The molecule has 118 valence electrons. The van der Waals surface area contributed by atoms with Crippen molar-refractivity contribution in [1.82, 2.24) is 0 Å². The van der Waals surface area contributed by atoms with Crippen molar-refractivity contribution >= 4 is 11.4 Å². The number of alkyl halides is 2. The predicted octanol–water partition coefficient (Wildman–Crippen LogP) is 2.75. The third-order valence-electron chi connectivity index (χ3n) is 3.70. The first kappa shape index (κ1) is 15.8. The van der Waals surface area contributed by atoms with Crippen LogP contribution in [0.4, 0.5) is 24.5 Å². The quantitative estimate of drug-likeness (QED) is 0.821. The highest BCUT2D eigenvalue weighted by atomic mass is 19.3. The average molecular weight is 304 g/mol. The molecule has 7 heteroatoms. The van der Waals surface area contributed by atoms with Gasteiger partial charge in [0, 0.05) is 31.3 Å². The molecule has 21 heavy (non-hydrogen) atoms. The van der Waals surface area contributed by atoms with Gasteiger partial charge in [-0.15, -0.1) is 0 Å². The highest BCUT2D eigenvalue weighted by Crippen LogP contribution is 2.35. The second-order valence-corrected chi connectivity index (χ2v) is 5.08. The van der Waals surface area contributed by atoms with E-state index in [0.717, 1.165) is 25.3 Å². The molecule has 0 saturated carbocycles. The Hall–Kier alpha value is -1.63. The monoisotopic (exact) mass is 304 g/mol. The van der Waals surface area contributed by atoms with Gasteiger partial charge in [-0.1, -0.05) is 0 Å². The summed E-state index contributed by atoms with van der Waals surface area (Å²) < 4.78 is 42.4. The Balaban J connectivity index is 2.32. The molecule has 0 aromatic heterocycles. The minimum absolute atomic E-state index is 0.0304. The molecule has 0 bridgehead atoms. The fourth-order valence-electron chi connectivity index (χ4n) is 2.76. The van der Waals surface area contributed by atoms with Gasteiger partial charge in [-0.3, -0.25) is 0 Å². The Kier molecular flexibility index (Phi) is 5.17. The van der Waals surface area contributed by atoms with E-state index in [0.29, 0.717) is 18.7 Å². The molecule has 1 aliphatic rings. The molecule has 1 fully saturated rings. The number of benzene rings is 1. The van der Waals surface area contributed by atoms with Gasteiger partial charge in [0.25, 0.3) is 0 Å². The second kappa shape index (κ2) is 6.89. The van der Waals surface area contributed by atoms with Crippen molar-refractivity contribution in [3.63, 3.8) is 0 Å². The van der Waals surface area contributed by atoms with E-state index >= 15 is 0 Å². The summed E-state index contributed by atoms with van der Waals surface area (Å²) in [7, 11) is 0. The van der Waals surface area contributed by atoms with E-state index in [-0.39, 0.29) is 18.3 Å². The molecule has 1 aromatic carbocycles. The van der Waals surface area contributed by atoms with Crippen LogP contribution in [0.1, 0.15) is 25.7 Å². The normalized spacial score (nSPS) is 19.1. The van der Waals surface area contributed by atoms with E-state index in [2.05, 4.69) is 4.74 Å². The summed E-state index contributed by atoms with van der Waals surface area (Å²) in [6.07, 6.45) is 3.40. The van der Waals surface area contributed by atoms with Crippen LogP contribution in [0.15, 0.2) is 12.1 Å². The van der Waals surface area contributed by atoms with Crippen LogP contribution in [-0.4, -0.2) is 30.9 Å². The van der Waals surface area contributed by atoms with Crippen LogP contribution >= 0.6 is 0 Å². The molecular formula is C14H19F3N2O2. The highest BCUT2D eigenvalue weighted by molar-refractivity contribution is 5.70. The van der Waals surface area contributed by atoms with Gasteiger partial charge in [-0.25, -0.2) is 4.39 Å². The number of piperidine rings is 1. The van der Waals surface area contributed by atoms with Crippen LogP contribution in [0.3, 0.4) is 0 Å². The molecule has 1 saturated heterocycles. The lowest BCUT2D eigenvalue weighted by Crippen LogP contribution is -2.40. The van der Waals surface area contributed by atoms with Gasteiger partial charge < -0.3 is 20.5 Å². The van der Waals surface area contributed by atoms with Gasteiger partial charge in [-0.05, 0) is 25.7 Å². The molecule has 0 spiro atoms. The number of hydrogen-bond donors (Lipinski definition) is 2. The molecule has 1 aliphatic heterocycles. The summed E-state index contributed by atoms with van der Waals surface area (Å²) in [6.45, 7) is -2.37. The van der Waals surface area contributed by atoms with Crippen LogP contribution in [0.25, 0.3) is 0 Å². The third-order valence-corrected chi connectivity index (χ3v) is 3.70. The molecule has 0 radical (unpaired) electrons. The Labute approximate surface area is 121 Å². The van der Waals surface area contributed by atoms with Crippen molar-refractivity contribution in [3.8, 4) is 5.75 Å². The topological polar surface area (TPSA) is 58.7 Å². The summed E-state index contributed by atoms with van der Waals surface area (Å²) in [4.78, 5) is 1.94. The lowest BCUT2D eigenvalue weighted by atomic mass is 9.98. The summed E-state index contributed by atoms with van der Waals surface area (Å²) in [5.41, 5.74) is 6.48. The molecule has 3 N–H and O–H groups in total. The van der Waals surface area contributed by atoms with Gasteiger partial charge in [-0.2, -0.15) is 8.78 Å². The number of nitrogens with zero attached hydrogens (tertiary/aromatic N) is 1. The van der Waals surface area contributed by atoms with Crippen LogP contribution in [-0.2, 0) is 0 Å². The van der Waals surface area contributed by atoms with Crippen LogP contribution in [0.2, 0.25) is 0 Å². The van der Waals surface area contributed by atoms with E-state index in [9.17, 15) is 13.2 Å². The van der Waals surface area contributed by atoms with Crippen LogP contribution in [0, 0.1) is 5.82 Å². The number of anilines is 2. The number of rotatable bonds is 5. The number of nitrogens with two attached hydrogens (primary N) is 1. The first-order chi connectivity index (χ1) is 10.0. The Bertz CT molecular complexity index is 484. The molecule has 1 unspecified atom stereocenters. The number of aliphatic hydroxyl groups is 1. The van der Waals surface area contributed by atoms with Crippen molar-refractivity contribution in [2.45, 2.75) is 38.3 Å². The van der Waals surface area contributed by atoms with E-state index in [1.54, 1.807) is 0 Å². The molecule has 4 nitrogen and oxygen atoms in total. The molecule has 1 aromatic rings. The first-order valence-corrected chi connectivity index (χ1v) is 6.94. The first-order valence-electron chi connectivity index (χ1n) is 6.94. The maximum Gasteiger partial charge on any atom is 0.387 e. The van der Waals surface area contributed by atoms with E-state index in [1.807, 2.05) is 4.90 Å². The zero-order valence-corrected chi connectivity index (χ0v) is 11.6. The second-order valence-electron chi connectivity index (χ2n) is 5.08. The Morgan fingerprint density at radius 1 is 1.38 bits per heavy atom. The smallest absolute Gasteiger partial charge is 0.387 e. The van der Waals surface area contributed by atoms with Crippen molar-refractivity contribution in [2.75, 3.05) is 23.8 Å². The van der Waals surface area contributed by atoms with Gasteiger partial charge in [0.2, 0.25) is 0 Å². The van der Waals surface area contributed by atoms with E-state index in [1.165, 1.54) is 6.07 Å². The van der Waals surface area contributed by atoms with Crippen LogP contribution in [0.5, 0.6) is 5.75 Å². The SMILES string of the molecule is Nc1cc(F)c(OC(F)F)cc1N1CCCCC1CCO. The number of nitrogen functional groups attached to an aromatic ring is 1. The fourth-order valence-corrected chi connectivity index (χ4v) is 2.76. The third kappa shape index (κ3) is 3.72. The number of halogens is 3. The standard InChI is InChI=1S/C14H19F3N2O2/c15-10-7-11(18)12(8-13(10)21-14(16)17)19-5-2-1-3-9(19)4-6-20/h7-9,14,20H,1-6,18H2. The Morgan fingerprint density at radius 2 is 2.14 bits per heavy atom. The van der Waals surface area contributed by atoms with Crippen molar-refractivity contribution < 1.29 is 23.0 Å². The summed E-state index contributed by atoms with van der Waals surface area (Å²) in [5, 5.41) is 9.13. The van der Waals surface area contributed by atoms with Gasteiger partial charge >= 0.3 is 6.61 Å². The van der Waals surface area contributed by atoms with Gasteiger partial charge in [0.15, 0.2) is 11.6 Å². The van der Waals surface area contributed by atoms with Crippen molar-refractivity contribution in [3.05, 3.63) is 17.9 Å². The Morgan fingerprint density at radius 3 is 2.81 bits per heavy atom. The average Bonchev–Trinajstić information content (AvgIpc) is 2.43. The zero-order chi connectivity index (χ0) is 15.4. The van der Waals surface area contributed by atoms with E-state index < -0.39 is 18.2 Å². The molecule has 0 amide bonds. The minimum Gasteiger partial charge on any atom is -0.432 e.